The van der Waals surface area contributed by atoms with Gasteiger partial charge in [0.25, 0.3) is 6.43 Å². The molecule has 2 nitrogen and oxygen atoms in total. The molecule has 0 aliphatic heterocycles. The first-order chi connectivity index (χ1) is 7.29. The second-order valence-corrected chi connectivity index (χ2v) is 3.93. The number of nitrogens with two attached hydrogens (primary N) is 1. The van der Waals surface area contributed by atoms with Crippen LogP contribution in [0.15, 0.2) is 6.20 Å². The minimum Gasteiger partial charge on any atom is -0.325 e. The Labute approximate surface area is 101 Å². The third kappa shape index (κ3) is 2.59. The van der Waals surface area contributed by atoms with E-state index in [4.69, 9.17) is 5.73 Å². The lowest BCUT2D eigenvalue weighted by molar-refractivity contribution is -0.138. The molecule has 90 valence electrons. The van der Waals surface area contributed by atoms with E-state index in [1.54, 1.807) is 0 Å². The molecule has 0 atom stereocenters. The van der Waals surface area contributed by atoms with Crippen LogP contribution in [0.25, 0.3) is 0 Å². The lowest BCUT2D eigenvalue weighted by Gasteiger charge is -2.14. The third-order valence-corrected chi connectivity index (χ3v) is 3.01. The summed E-state index contributed by atoms with van der Waals surface area (Å²) in [6.07, 6.45) is -7.20. The van der Waals surface area contributed by atoms with Crippen molar-refractivity contribution in [3.63, 3.8) is 0 Å². The van der Waals surface area contributed by atoms with Crippen LogP contribution >= 0.6 is 22.6 Å². The van der Waals surface area contributed by atoms with Crippen LogP contribution in [0.5, 0.6) is 0 Å². The summed E-state index contributed by atoms with van der Waals surface area (Å²) in [5.74, 6) is 0. The van der Waals surface area contributed by atoms with Crippen molar-refractivity contribution in [2.75, 3.05) is 0 Å². The van der Waals surface area contributed by atoms with Gasteiger partial charge in [-0.3, -0.25) is 4.98 Å². The second kappa shape index (κ2) is 4.78. The predicted molar refractivity (Wildman–Crippen MR) is 54.8 cm³/mol. The average molecular weight is 352 g/mol. The monoisotopic (exact) mass is 352 g/mol. The summed E-state index contributed by atoms with van der Waals surface area (Å²) in [6.45, 7) is -0.326. The highest BCUT2D eigenvalue weighted by atomic mass is 127. The Morgan fingerprint density at radius 3 is 2.31 bits per heavy atom. The van der Waals surface area contributed by atoms with Crippen LogP contribution in [0.2, 0.25) is 0 Å². The lowest BCUT2D eigenvalue weighted by Crippen LogP contribution is -2.14. The molecule has 0 unspecified atom stereocenters. The number of alkyl halides is 5. The minimum atomic E-state index is -4.69. The Hall–Kier alpha value is -0.510. The third-order valence-electron chi connectivity index (χ3n) is 1.85. The van der Waals surface area contributed by atoms with Crippen LogP contribution in [0.3, 0.4) is 0 Å². The number of hydrogen-bond donors (Lipinski definition) is 1. The van der Waals surface area contributed by atoms with E-state index >= 15 is 0 Å². The highest BCUT2D eigenvalue weighted by molar-refractivity contribution is 14.1. The molecule has 0 amide bonds. The molecule has 0 aliphatic carbocycles. The van der Waals surface area contributed by atoms with Gasteiger partial charge in [0.05, 0.1) is 16.8 Å². The van der Waals surface area contributed by atoms with Crippen molar-refractivity contribution in [2.45, 2.75) is 19.1 Å². The van der Waals surface area contributed by atoms with Gasteiger partial charge in [0.2, 0.25) is 0 Å². The molecule has 0 bridgehead atoms. The van der Waals surface area contributed by atoms with Gasteiger partial charge in [-0.25, -0.2) is 8.78 Å². The molecular formula is C8H6F5IN2. The molecule has 0 aromatic carbocycles. The number of hydrogen-bond acceptors (Lipinski definition) is 2. The van der Waals surface area contributed by atoms with E-state index < -0.39 is 27.3 Å². The highest BCUT2D eigenvalue weighted by Gasteiger charge is 2.36. The smallest absolute Gasteiger partial charge is 0.325 e. The molecule has 1 aromatic heterocycles. The van der Waals surface area contributed by atoms with E-state index in [1.807, 2.05) is 0 Å². The summed E-state index contributed by atoms with van der Waals surface area (Å²) < 4.78 is 61.8. The number of rotatable bonds is 2. The van der Waals surface area contributed by atoms with Crippen LogP contribution in [-0.2, 0) is 12.7 Å². The number of halogens is 6. The van der Waals surface area contributed by atoms with Crippen LogP contribution in [0.4, 0.5) is 22.0 Å². The molecule has 0 spiro atoms. The molecular weight excluding hydrogens is 346 g/mol. The molecule has 0 saturated heterocycles. The van der Waals surface area contributed by atoms with Crippen LogP contribution in [0, 0.1) is 3.57 Å². The van der Waals surface area contributed by atoms with E-state index in [0.29, 0.717) is 6.20 Å². The maximum Gasteiger partial charge on any atom is 0.418 e. The van der Waals surface area contributed by atoms with Gasteiger partial charge < -0.3 is 5.73 Å². The fourth-order valence-electron chi connectivity index (χ4n) is 1.12. The molecule has 0 saturated carbocycles. The molecule has 1 aromatic rings. The van der Waals surface area contributed by atoms with E-state index in [1.165, 1.54) is 22.6 Å². The molecule has 0 aliphatic rings. The van der Waals surface area contributed by atoms with Gasteiger partial charge in [0.15, 0.2) is 0 Å². The quantitative estimate of drug-likeness (QED) is 0.656. The van der Waals surface area contributed by atoms with E-state index in [9.17, 15) is 22.0 Å². The zero-order chi connectivity index (χ0) is 12.5. The molecule has 1 heterocycles. The molecule has 0 radical (unpaired) electrons. The summed E-state index contributed by atoms with van der Waals surface area (Å²) in [4.78, 5) is 3.32. The van der Waals surface area contributed by atoms with Crippen LogP contribution in [0.1, 0.15) is 23.2 Å². The number of nitrogens with zero attached hydrogens (tertiary/aromatic N) is 1. The van der Waals surface area contributed by atoms with Gasteiger partial charge in [0.1, 0.15) is 0 Å². The fraction of sp³-hybridized carbons (Fsp3) is 0.375. The van der Waals surface area contributed by atoms with Crippen LogP contribution < -0.4 is 5.73 Å². The number of aromatic nitrogens is 1. The SMILES string of the molecule is NCc1ncc(C(F)(F)F)c(I)c1C(F)F. The Morgan fingerprint density at radius 1 is 1.38 bits per heavy atom. The Kier molecular flexibility index (Phi) is 4.05. The summed E-state index contributed by atoms with van der Waals surface area (Å²) in [6, 6.07) is 0. The summed E-state index contributed by atoms with van der Waals surface area (Å²) >= 11 is 1.23. The Balaban J connectivity index is 3.44. The standard InChI is InChI=1S/C8H6F5IN2/c9-7(10)5-4(1-15)16-2-3(6(5)14)8(11,12)13/h2,7H,1,15H2. The zero-order valence-corrected chi connectivity index (χ0v) is 9.81. The van der Waals surface area contributed by atoms with Crippen molar-refractivity contribution >= 4 is 22.6 Å². The first-order valence-electron chi connectivity index (χ1n) is 4.01. The molecule has 1 rings (SSSR count). The normalized spacial score (nSPS) is 12.2. The number of pyridine rings is 1. The maximum absolute atomic E-state index is 12.6. The van der Waals surface area contributed by atoms with Gasteiger partial charge in [-0.2, -0.15) is 13.2 Å². The first kappa shape index (κ1) is 13.6. The molecule has 2 N–H and O–H groups in total. The van der Waals surface area contributed by atoms with Crippen molar-refractivity contribution in [3.05, 3.63) is 26.6 Å². The van der Waals surface area contributed by atoms with Gasteiger partial charge >= 0.3 is 6.18 Å². The van der Waals surface area contributed by atoms with Gasteiger partial charge in [-0.15, -0.1) is 0 Å². The van der Waals surface area contributed by atoms with Gasteiger partial charge in [-0.05, 0) is 22.6 Å². The first-order valence-corrected chi connectivity index (χ1v) is 5.09. The maximum atomic E-state index is 12.6. The largest absolute Gasteiger partial charge is 0.418 e. The lowest BCUT2D eigenvalue weighted by atomic mass is 10.1. The molecule has 8 heteroatoms. The van der Waals surface area contributed by atoms with E-state index in [2.05, 4.69) is 4.98 Å². The summed E-state index contributed by atoms with van der Waals surface area (Å²) in [7, 11) is 0. The topological polar surface area (TPSA) is 38.9 Å². The predicted octanol–water partition coefficient (Wildman–Crippen LogP) is 3.10. The summed E-state index contributed by atoms with van der Waals surface area (Å²) in [5.41, 5.74) is 3.02. The van der Waals surface area contributed by atoms with Crippen molar-refractivity contribution in [3.8, 4) is 0 Å². The second-order valence-electron chi connectivity index (χ2n) is 2.85. The van der Waals surface area contributed by atoms with Gasteiger partial charge in [0, 0.05) is 16.3 Å². The van der Waals surface area contributed by atoms with Crippen molar-refractivity contribution in [1.82, 2.24) is 4.98 Å². The fourth-order valence-corrected chi connectivity index (χ4v) is 2.11. The van der Waals surface area contributed by atoms with E-state index in [-0.39, 0.29) is 12.2 Å². The zero-order valence-electron chi connectivity index (χ0n) is 7.65. The van der Waals surface area contributed by atoms with Crippen molar-refractivity contribution in [1.29, 1.82) is 0 Å². The molecule has 0 fully saturated rings. The summed E-state index contributed by atoms with van der Waals surface area (Å²) in [5, 5.41) is 0. The minimum absolute atomic E-state index is 0.215. The van der Waals surface area contributed by atoms with Crippen molar-refractivity contribution < 1.29 is 22.0 Å². The highest BCUT2D eigenvalue weighted by Crippen LogP contribution is 2.37. The Bertz CT molecular complexity index is 391. The van der Waals surface area contributed by atoms with Crippen molar-refractivity contribution in [2.24, 2.45) is 5.73 Å². The molecule has 16 heavy (non-hydrogen) atoms. The van der Waals surface area contributed by atoms with E-state index in [0.717, 1.165) is 0 Å². The van der Waals surface area contributed by atoms with Gasteiger partial charge in [-0.1, -0.05) is 0 Å². The van der Waals surface area contributed by atoms with Crippen LogP contribution in [-0.4, -0.2) is 4.98 Å². The average Bonchev–Trinajstić information content (AvgIpc) is 2.14. The Morgan fingerprint density at radius 2 is 1.94 bits per heavy atom.